The topological polar surface area (TPSA) is 107 Å². The van der Waals surface area contributed by atoms with Gasteiger partial charge in [-0.1, -0.05) is 38.1 Å². The van der Waals surface area contributed by atoms with E-state index in [0.717, 1.165) is 29.1 Å². The number of carbonyl (C=O) groups excluding carboxylic acids is 1. The second-order valence-corrected chi connectivity index (χ2v) is 8.92. The summed E-state index contributed by atoms with van der Waals surface area (Å²) in [4.78, 5) is 12.3. The van der Waals surface area contributed by atoms with E-state index in [1.165, 1.54) is 0 Å². The minimum atomic E-state index is -3.54. The molecule has 8 heteroatoms. The maximum absolute atomic E-state index is 12.3. The normalized spacial score (nSPS) is 11.8. The van der Waals surface area contributed by atoms with Crippen molar-refractivity contribution >= 4 is 15.9 Å². The Morgan fingerprint density at radius 1 is 1.19 bits per heavy atom. The molecular formula is C19H28N4O3S. The second-order valence-electron chi connectivity index (χ2n) is 7.30. The molecule has 148 valence electrons. The van der Waals surface area contributed by atoms with Crippen LogP contribution in [0.1, 0.15) is 41.9 Å². The summed E-state index contributed by atoms with van der Waals surface area (Å²) in [6.07, 6.45) is 0.291. The number of amides is 1. The molecule has 0 saturated heterocycles. The fourth-order valence-corrected chi connectivity index (χ4v) is 3.58. The van der Waals surface area contributed by atoms with Crippen LogP contribution >= 0.6 is 0 Å². The molecule has 0 saturated carbocycles. The van der Waals surface area contributed by atoms with E-state index in [4.69, 9.17) is 5.14 Å². The lowest BCUT2D eigenvalue weighted by Gasteiger charge is -2.09. The zero-order valence-electron chi connectivity index (χ0n) is 16.3. The molecule has 3 N–H and O–H groups in total. The number of benzene rings is 1. The number of carbonyl (C=O) groups is 1. The predicted molar refractivity (Wildman–Crippen MR) is 105 cm³/mol. The number of nitrogens with zero attached hydrogens (tertiary/aromatic N) is 2. The Labute approximate surface area is 161 Å². The summed E-state index contributed by atoms with van der Waals surface area (Å²) in [5, 5.41) is 12.5. The molecule has 27 heavy (non-hydrogen) atoms. The van der Waals surface area contributed by atoms with Crippen LogP contribution in [0.5, 0.6) is 0 Å². The molecule has 0 fully saturated rings. The number of aryl methyl sites for hydroxylation is 1. The SMILES string of the molecule is Cc1nn(CC(C)C)c(C)c1CC(=O)NCc1ccc(CS(N)(=O)=O)cc1. The number of hydrogen-bond donors (Lipinski definition) is 2. The van der Waals surface area contributed by atoms with E-state index in [1.54, 1.807) is 24.3 Å². The van der Waals surface area contributed by atoms with Crippen LogP contribution in [0.3, 0.4) is 0 Å². The Hall–Kier alpha value is -2.19. The number of sulfonamides is 1. The first-order valence-corrected chi connectivity index (χ1v) is 10.6. The Balaban J connectivity index is 1.94. The Morgan fingerprint density at radius 2 is 1.78 bits per heavy atom. The van der Waals surface area contributed by atoms with Crippen LogP contribution in [0.25, 0.3) is 0 Å². The number of nitrogens with one attached hydrogen (secondary N) is 1. The maximum atomic E-state index is 12.3. The number of primary sulfonamides is 1. The second kappa shape index (κ2) is 8.67. The minimum absolute atomic E-state index is 0.0705. The van der Waals surface area contributed by atoms with E-state index in [1.807, 2.05) is 18.5 Å². The standard InChI is InChI=1S/C19H28N4O3S/c1-13(2)11-23-15(4)18(14(3)22-23)9-19(24)21-10-16-5-7-17(8-6-16)12-27(20,25)26/h5-8,13H,9-12H2,1-4H3,(H,21,24)(H2,20,25,26). The highest BCUT2D eigenvalue weighted by molar-refractivity contribution is 7.88. The van der Waals surface area contributed by atoms with Gasteiger partial charge in [0.1, 0.15) is 0 Å². The molecule has 0 atom stereocenters. The molecule has 0 radical (unpaired) electrons. The van der Waals surface area contributed by atoms with Gasteiger partial charge in [0, 0.05) is 24.3 Å². The predicted octanol–water partition coefficient (Wildman–Crippen LogP) is 1.80. The molecule has 1 aromatic heterocycles. The molecule has 0 unspecified atom stereocenters. The van der Waals surface area contributed by atoms with Gasteiger partial charge in [0.15, 0.2) is 0 Å². The van der Waals surface area contributed by atoms with Crippen molar-refractivity contribution in [2.75, 3.05) is 0 Å². The largest absolute Gasteiger partial charge is 0.352 e. The molecule has 1 amide bonds. The van der Waals surface area contributed by atoms with E-state index < -0.39 is 10.0 Å². The maximum Gasteiger partial charge on any atom is 0.224 e. The van der Waals surface area contributed by atoms with Gasteiger partial charge in [0.05, 0.1) is 17.9 Å². The first kappa shape index (κ1) is 21.1. The van der Waals surface area contributed by atoms with Crippen molar-refractivity contribution in [2.45, 2.75) is 53.0 Å². The molecule has 0 aliphatic carbocycles. The van der Waals surface area contributed by atoms with Gasteiger partial charge in [-0.3, -0.25) is 9.48 Å². The first-order chi connectivity index (χ1) is 12.5. The average molecular weight is 393 g/mol. The van der Waals surface area contributed by atoms with E-state index >= 15 is 0 Å². The van der Waals surface area contributed by atoms with Gasteiger partial charge in [0.2, 0.25) is 15.9 Å². The van der Waals surface area contributed by atoms with Crippen molar-refractivity contribution < 1.29 is 13.2 Å². The minimum Gasteiger partial charge on any atom is -0.352 e. The summed E-state index contributed by atoms with van der Waals surface area (Å²) in [6.45, 7) is 9.41. The van der Waals surface area contributed by atoms with Crippen molar-refractivity contribution in [1.82, 2.24) is 15.1 Å². The molecular weight excluding hydrogens is 364 g/mol. The number of rotatable bonds is 8. The molecule has 0 aliphatic heterocycles. The molecule has 0 bridgehead atoms. The third kappa shape index (κ3) is 6.48. The molecule has 2 aromatic rings. The smallest absolute Gasteiger partial charge is 0.224 e. The van der Waals surface area contributed by atoms with Crippen LogP contribution in [-0.4, -0.2) is 24.1 Å². The van der Waals surface area contributed by atoms with Gasteiger partial charge in [0.25, 0.3) is 0 Å². The van der Waals surface area contributed by atoms with Gasteiger partial charge in [-0.05, 0) is 30.9 Å². The highest BCUT2D eigenvalue weighted by Crippen LogP contribution is 2.15. The fraction of sp³-hybridized carbons (Fsp3) is 0.474. The number of aromatic nitrogens is 2. The summed E-state index contributed by atoms with van der Waals surface area (Å²) in [5.41, 5.74) is 4.40. The Morgan fingerprint density at radius 3 is 2.33 bits per heavy atom. The van der Waals surface area contributed by atoms with Crippen LogP contribution in [0, 0.1) is 19.8 Å². The third-order valence-electron chi connectivity index (χ3n) is 4.29. The number of nitrogens with two attached hydrogens (primary N) is 1. The lowest BCUT2D eigenvalue weighted by molar-refractivity contribution is -0.120. The number of hydrogen-bond acceptors (Lipinski definition) is 4. The van der Waals surface area contributed by atoms with Crippen LogP contribution in [0.2, 0.25) is 0 Å². The van der Waals surface area contributed by atoms with E-state index in [0.29, 0.717) is 24.4 Å². The quantitative estimate of drug-likeness (QED) is 0.714. The summed E-state index contributed by atoms with van der Waals surface area (Å²) >= 11 is 0. The zero-order valence-corrected chi connectivity index (χ0v) is 17.1. The molecule has 7 nitrogen and oxygen atoms in total. The highest BCUT2D eigenvalue weighted by atomic mass is 32.2. The first-order valence-electron chi connectivity index (χ1n) is 8.93. The lowest BCUT2D eigenvalue weighted by atomic mass is 10.1. The van der Waals surface area contributed by atoms with Gasteiger partial charge >= 0.3 is 0 Å². The highest BCUT2D eigenvalue weighted by Gasteiger charge is 2.15. The third-order valence-corrected chi connectivity index (χ3v) is 5.02. The van der Waals surface area contributed by atoms with Crippen molar-refractivity contribution in [3.63, 3.8) is 0 Å². The Kier molecular flexibility index (Phi) is 6.78. The summed E-state index contributed by atoms with van der Waals surface area (Å²) in [7, 11) is -3.54. The summed E-state index contributed by atoms with van der Waals surface area (Å²) < 4.78 is 24.2. The molecule has 0 aliphatic rings. The molecule has 1 heterocycles. The monoisotopic (exact) mass is 392 g/mol. The zero-order chi connectivity index (χ0) is 20.2. The van der Waals surface area contributed by atoms with Crippen molar-refractivity contribution in [2.24, 2.45) is 11.1 Å². The van der Waals surface area contributed by atoms with Crippen LogP contribution in [0.4, 0.5) is 0 Å². The van der Waals surface area contributed by atoms with E-state index in [2.05, 4.69) is 24.3 Å². The molecule has 2 rings (SSSR count). The summed E-state index contributed by atoms with van der Waals surface area (Å²) in [5.74, 6) is 0.222. The van der Waals surface area contributed by atoms with Crippen molar-refractivity contribution in [3.05, 3.63) is 52.3 Å². The molecule has 0 spiro atoms. The van der Waals surface area contributed by atoms with E-state index in [9.17, 15) is 13.2 Å². The van der Waals surface area contributed by atoms with Gasteiger partial charge in [-0.15, -0.1) is 0 Å². The van der Waals surface area contributed by atoms with Gasteiger partial charge in [-0.25, -0.2) is 13.6 Å². The summed E-state index contributed by atoms with van der Waals surface area (Å²) in [6, 6.07) is 6.99. The Bertz CT molecular complexity index is 900. The lowest BCUT2D eigenvalue weighted by Crippen LogP contribution is -2.25. The average Bonchev–Trinajstić information content (AvgIpc) is 2.80. The van der Waals surface area contributed by atoms with Crippen LogP contribution < -0.4 is 10.5 Å². The molecule has 1 aromatic carbocycles. The van der Waals surface area contributed by atoms with Crippen LogP contribution in [-0.2, 0) is 40.1 Å². The van der Waals surface area contributed by atoms with Gasteiger partial charge in [-0.2, -0.15) is 5.10 Å². The van der Waals surface area contributed by atoms with Crippen molar-refractivity contribution in [1.29, 1.82) is 0 Å². The van der Waals surface area contributed by atoms with E-state index in [-0.39, 0.29) is 11.7 Å². The van der Waals surface area contributed by atoms with Crippen molar-refractivity contribution in [3.8, 4) is 0 Å². The fourth-order valence-electron chi connectivity index (χ4n) is 2.92. The van der Waals surface area contributed by atoms with Gasteiger partial charge < -0.3 is 5.32 Å². The van der Waals surface area contributed by atoms with Crippen LogP contribution in [0.15, 0.2) is 24.3 Å².